The molecule has 0 aliphatic heterocycles. The van der Waals surface area contributed by atoms with Crippen LogP contribution in [0.2, 0.25) is 5.02 Å². The second-order valence-corrected chi connectivity index (χ2v) is 6.49. The second kappa shape index (κ2) is 7.09. The van der Waals surface area contributed by atoms with E-state index in [9.17, 15) is 9.59 Å². The first kappa shape index (κ1) is 17.1. The maximum absolute atomic E-state index is 12.4. The van der Waals surface area contributed by atoms with E-state index >= 15 is 0 Å². The Morgan fingerprint density at radius 1 is 1.07 bits per heavy atom. The van der Waals surface area contributed by atoms with Crippen LogP contribution in [-0.4, -0.2) is 20.7 Å². The van der Waals surface area contributed by atoms with Crippen molar-refractivity contribution in [3.63, 3.8) is 0 Å². The first-order chi connectivity index (χ1) is 13.1. The molecule has 0 bridgehead atoms. The lowest BCUT2D eigenvalue weighted by Crippen LogP contribution is -2.29. The number of fused-ring (bicyclic) bond motifs is 1. The van der Waals surface area contributed by atoms with E-state index in [1.165, 1.54) is 6.07 Å². The SMILES string of the molecule is O=C(Cn1nc(-c2ccc(Cl)cc2)ccc1=O)Nc1ccc2cc[nH]c2c1. The van der Waals surface area contributed by atoms with Crippen LogP contribution in [0.1, 0.15) is 0 Å². The Balaban J connectivity index is 1.54. The number of nitrogens with zero attached hydrogens (tertiary/aromatic N) is 2. The number of carbonyl (C=O) groups excluding carboxylic acids is 1. The van der Waals surface area contributed by atoms with Crippen molar-refractivity contribution < 1.29 is 4.79 Å². The average Bonchev–Trinajstić information content (AvgIpc) is 3.12. The summed E-state index contributed by atoms with van der Waals surface area (Å²) in [6.45, 7) is -0.178. The first-order valence-corrected chi connectivity index (χ1v) is 8.67. The number of nitrogens with one attached hydrogen (secondary N) is 2. The quantitative estimate of drug-likeness (QED) is 0.568. The molecular weight excluding hydrogens is 364 g/mol. The van der Waals surface area contributed by atoms with Gasteiger partial charge in [-0.05, 0) is 41.8 Å². The van der Waals surface area contributed by atoms with Crippen molar-refractivity contribution in [3.8, 4) is 11.3 Å². The molecule has 1 amide bonds. The van der Waals surface area contributed by atoms with Crippen LogP contribution in [0.5, 0.6) is 0 Å². The molecule has 7 heteroatoms. The maximum Gasteiger partial charge on any atom is 0.267 e. The number of aromatic nitrogens is 3. The van der Waals surface area contributed by atoms with Crippen LogP contribution in [0.3, 0.4) is 0 Å². The van der Waals surface area contributed by atoms with E-state index in [1.54, 1.807) is 18.2 Å². The van der Waals surface area contributed by atoms with Gasteiger partial charge in [-0.15, -0.1) is 0 Å². The third-order valence-corrected chi connectivity index (χ3v) is 4.39. The van der Waals surface area contributed by atoms with Crippen LogP contribution < -0.4 is 10.9 Å². The Bertz CT molecular complexity index is 1180. The van der Waals surface area contributed by atoms with Gasteiger partial charge in [0.05, 0.1) is 5.69 Å². The van der Waals surface area contributed by atoms with E-state index in [4.69, 9.17) is 11.6 Å². The molecule has 4 rings (SSSR count). The number of rotatable bonds is 4. The summed E-state index contributed by atoms with van der Waals surface area (Å²) in [6.07, 6.45) is 1.84. The Kier molecular flexibility index (Phi) is 4.48. The van der Waals surface area contributed by atoms with Crippen molar-refractivity contribution in [1.29, 1.82) is 0 Å². The highest BCUT2D eigenvalue weighted by atomic mass is 35.5. The van der Waals surface area contributed by atoms with Crippen molar-refractivity contribution in [3.05, 3.63) is 82.2 Å². The van der Waals surface area contributed by atoms with E-state index in [1.807, 2.05) is 42.6 Å². The van der Waals surface area contributed by atoms with Crippen LogP contribution in [0.25, 0.3) is 22.2 Å². The molecular formula is C20H15ClN4O2. The Hall–Kier alpha value is -3.38. The van der Waals surface area contributed by atoms with Crippen LogP contribution in [0.15, 0.2) is 71.7 Å². The summed E-state index contributed by atoms with van der Waals surface area (Å²) in [5.74, 6) is -0.330. The molecule has 2 aromatic heterocycles. The van der Waals surface area contributed by atoms with E-state index in [0.29, 0.717) is 16.4 Å². The van der Waals surface area contributed by atoms with Crippen molar-refractivity contribution in [2.75, 3.05) is 5.32 Å². The van der Waals surface area contributed by atoms with Gasteiger partial charge in [0.1, 0.15) is 6.54 Å². The fourth-order valence-corrected chi connectivity index (χ4v) is 2.92. The molecule has 27 heavy (non-hydrogen) atoms. The summed E-state index contributed by atoms with van der Waals surface area (Å²) in [7, 11) is 0. The van der Waals surface area contributed by atoms with Crippen LogP contribution in [0.4, 0.5) is 5.69 Å². The number of anilines is 1. The molecule has 0 spiro atoms. The third kappa shape index (κ3) is 3.75. The summed E-state index contributed by atoms with van der Waals surface area (Å²) in [5, 5.41) is 8.75. The molecule has 0 fully saturated rings. The zero-order valence-corrected chi connectivity index (χ0v) is 14.9. The second-order valence-electron chi connectivity index (χ2n) is 6.05. The van der Waals surface area contributed by atoms with Gasteiger partial charge in [-0.2, -0.15) is 5.10 Å². The van der Waals surface area contributed by atoms with Crippen molar-refractivity contribution in [2.24, 2.45) is 0 Å². The number of H-pyrrole nitrogens is 1. The lowest BCUT2D eigenvalue weighted by atomic mass is 10.1. The van der Waals surface area contributed by atoms with Crippen LogP contribution in [-0.2, 0) is 11.3 Å². The molecule has 0 unspecified atom stereocenters. The summed E-state index contributed by atoms with van der Waals surface area (Å²) >= 11 is 5.90. The molecule has 0 atom stereocenters. The fourth-order valence-electron chi connectivity index (χ4n) is 2.80. The number of benzene rings is 2. The highest BCUT2D eigenvalue weighted by Gasteiger charge is 2.09. The largest absolute Gasteiger partial charge is 0.361 e. The Morgan fingerprint density at radius 3 is 2.70 bits per heavy atom. The number of aromatic amines is 1. The number of halogens is 1. The van der Waals surface area contributed by atoms with Gasteiger partial charge in [0.25, 0.3) is 5.56 Å². The smallest absolute Gasteiger partial charge is 0.267 e. The van der Waals surface area contributed by atoms with Crippen molar-refractivity contribution in [1.82, 2.24) is 14.8 Å². The highest BCUT2D eigenvalue weighted by Crippen LogP contribution is 2.19. The summed E-state index contributed by atoms with van der Waals surface area (Å²) in [5.41, 5.74) is 2.63. The molecule has 0 saturated heterocycles. The van der Waals surface area contributed by atoms with Crippen molar-refractivity contribution >= 4 is 34.1 Å². The van der Waals surface area contributed by atoms with Gasteiger partial charge in [0, 0.05) is 34.1 Å². The Labute approximate surface area is 159 Å². The molecule has 0 aliphatic carbocycles. The zero-order valence-electron chi connectivity index (χ0n) is 14.1. The van der Waals surface area contributed by atoms with Gasteiger partial charge in [-0.3, -0.25) is 9.59 Å². The topological polar surface area (TPSA) is 79.8 Å². The van der Waals surface area contributed by atoms with Crippen LogP contribution >= 0.6 is 11.6 Å². The van der Waals surface area contributed by atoms with Gasteiger partial charge in [-0.25, -0.2) is 4.68 Å². The number of carbonyl (C=O) groups is 1. The number of hydrogen-bond acceptors (Lipinski definition) is 3. The number of amides is 1. The molecule has 0 radical (unpaired) electrons. The molecule has 4 aromatic rings. The highest BCUT2D eigenvalue weighted by molar-refractivity contribution is 6.30. The molecule has 0 aliphatic rings. The molecule has 2 N–H and O–H groups in total. The molecule has 134 valence electrons. The summed E-state index contributed by atoms with van der Waals surface area (Å²) in [4.78, 5) is 27.5. The van der Waals surface area contributed by atoms with E-state index in [-0.39, 0.29) is 18.0 Å². The van der Waals surface area contributed by atoms with Gasteiger partial charge < -0.3 is 10.3 Å². The van der Waals surface area contributed by atoms with Gasteiger partial charge in [-0.1, -0.05) is 29.8 Å². The van der Waals surface area contributed by atoms with Gasteiger partial charge >= 0.3 is 0 Å². The standard InChI is InChI=1S/C20H15ClN4O2/c21-15-4-1-13(2-5-15)17-7-8-20(27)25(24-17)12-19(26)23-16-6-3-14-9-10-22-18(14)11-16/h1-11,22H,12H2,(H,23,26). The van der Waals surface area contributed by atoms with Crippen LogP contribution in [0, 0.1) is 0 Å². The predicted octanol–water partition coefficient (Wildman–Crippen LogP) is 3.68. The minimum atomic E-state index is -0.345. The van der Waals surface area contributed by atoms with E-state index in [0.717, 1.165) is 21.1 Å². The van der Waals surface area contributed by atoms with Gasteiger partial charge in [0.2, 0.25) is 5.91 Å². The molecule has 2 aromatic carbocycles. The lowest BCUT2D eigenvalue weighted by molar-refractivity contribution is -0.117. The summed E-state index contributed by atoms with van der Waals surface area (Å²) < 4.78 is 1.15. The number of hydrogen-bond donors (Lipinski definition) is 2. The predicted molar refractivity (Wildman–Crippen MR) is 106 cm³/mol. The van der Waals surface area contributed by atoms with E-state index < -0.39 is 0 Å². The van der Waals surface area contributed by atoms with Gasteiger partial charge in [0.15, 0.2) is 0 Å². The maximum atomic E-state index is 12.4. The third-order valence-electron chi connectivity index (χ3n) is 4.14. The average molecular weight is 379 g/mol. The zero-order chi connectivity index (χ0) is 18.8. The molecule has 2 heterocycles. The minimum absolute atomic E-state index is 0.178. The lowest BCUT2D eigenvalue weighted by Gasteiger charge is -2.08. The monoisotopic (exact) mass is 378 g/mol. The van der Waals surface area contributed by atoms with Crippen molar-refractivity contribution in [2.45, 2.75) is 6.54 Å². The normalized spacial score (nSPS) is 10.9. The van der Waals surface area contributed by atoms with E-state index in [2.05, 4.69) is 15.4 Å². The Morgan fingerprint density at radius 2 is 1.89 bits per heavy atom. The molecule has 6 nitrogen and oxygen atoms in total. The fraction of sp³-hybridized carbons (Fsp3) is 0.0500. The summed E-state index contributed by atoms with van der Waals surface area (Å²) in [6, 6.07) is 17.7. The first-order valence-electron chi connectivity index (χ1n) is 8.29. The minimum Gasteiger partial charge on any atom is -0.361 e. The molecule has 0 saturated carbocycles.